The van der Waals surface area contributed by atoms with Gasteiger partial charge >= 0.3 is 0 Å². The summed E-state index contributed by atoms with van der Waals surface area (Å²) in [6, 6.07) is 4.53. The van der Waals surface area contributed by atoms with Gasteiger partial charge in [0.1, 0.15) is 17.2 Å². The Morgan fingerprint density at radius 3 is 2.35 bits per heavy atom. The predicted octanol–water partition coefficient (Wildman–Crippen LogP) is 4.16. The van der Waals surface area contributed by atoms with E-state index in [9.17, 15) is 9.50 Å². The molecule has 0 atom stereocenters. The number of benzene rings is 1. The minimum absolute atomic E-state index is 0.0168. The van der Waals surface area contributed by atoms with Crippen LogP contribution in [0.4, 0.5) is 8.78 Å². The van der Waals surface area contributed by atoms with E-state index in [1.807, 2.05) is 0 Å². The standard InChI is InChI=1S/C19H19F2NO/c20-15-9-16-14(2-1-3-22-16)18(21)17(15)19(23)12-5-10-4-11(7-12)8-13(19)6-10/h1-3,9-13,23H,4-8H2. The number of fused-ring (bicyclic) bond motifs is 1. The quantitative estimate of drug-likeness (QED) is 0.857. The first-order chi connectivity index (χ1) is 11.1. The van der Waals surface area contributed by atoms with Gasteiger partial charge in [0.05, 0.1) is 11.1 Å². The van der Waals surface area contributed by atoms with Crippen LogP contribution in [0.25, 0.3) is 10.9 Å². The van der Waals surface area contributed by atoms with Crippen molar-refractivity contribution in [1.82, 2.24) is 4.98 Å². The van der Waals surface area contributed by atoms with Crippen molar-refractivity contribution < 1.29 is 13.9 Å². The molecule has 2 aromatic rings. The number of aliphatic hydroxyl groups is 1. The maximum absolute atomic E-state index is 15.1. The van der Waals surface area contributed by atoms with E-state index in [2.05, 4.69) is 4.98 Å². The molecule has 1 heterocycles. The molecule has 0 saturated heterocycles. The fraction of sp³-hybridized carbons (Fsp3) is 0.526. The molecular weight excluding hydrogens is 296 g/mol. The van der Waals surface area contributed by atoms with Crippen LogP contribution >= 0.6 is 0 Å². The van der Waals surface area contributed by atoms with Crippen LogP contribution in [0.15, 0.2) is 24.4 Å². The van der Waals surface area contributed by atoms with E-state index in [0.29, 0.717) is 22.7 Å². The molecule has 0 amide bonds. The molecule has 0 radical (unpaired) electrons. The van der Waals surface area contributed by atoms with Crippen molar-refractivity contribution >= 4 is 10.9 Å². The molecule has 2 nitrogen and oxygen atoms in total. The molecule has 23 heavy (non-hydrogen) atoms. The molecule has 1 aromatic carbocycles. The fourth-order valence-corrected chi connectivity index (χ4v) is 5.83. The lowest BCUT2D eigenvalue weighted by molar-refractivity contribution is -0.182. The number of hydrogen-bond acceptors (Lipinski definition) is 2. The highest BCUT2D eigenvalue weighted by atomic mass is 19.1. The lowest BCUT2D eigenvalue weighted by atomic mass is 9.48. The first kappa shape index (κ1) is 13.8. The van der Waals surface area contributed by atoms with Crippen molar-refractivity contribution in [3.63, 3.8) is 0 Å². The molecule has 0 aliphatic heterocycles. The maximum Gasteiger partial charge on any atom is 0.141 e. The molecule has 1 N–H and O–H groups in total. The van der Waals surface area contributed by atoms with Crippen LogP contribution in [0.3, 0.4) is 0 Å². The number of rotatable bonds is 1. The second kappa shape index (κ2) is 4.50. The first-order valence-corrected chi connectivity index (χ1v) is 8.53. The highest BCUT2D eigenvalue weighted by molar-refractivity contribution is 5.80. The normalized spacial score (nSPS) is 38.4. The Bertz CT molecular complexity index is 775. The zero-order chi connectivity index (χ0) is 15.8. The van der Waals surface area contributed by atoms with Crippen LogP contribution in [0.5, 0.6) is 0 Å². The third-order valence-electron chi connectivity index (χ3n) is 6.58. The second-order valence-electron chi connectivity index (χ2n) is 7.75. The van der Waals surface area contributed by atoms with Crippen molar-refractivity contribution in [2.75, 3.05) is 0 Å². The van der Waals surface area contributed by atoms with Crippen LogP contribution in [-0.2, 0) is 5.60 Å². The number of aromatic nitrogens is 1. The molecule has 4 aliphatic carbocycles. The highest BCUT2D eigenvalue weighted by Crippen LogP contribution is 2.62. The van der Waals surface area contributed by atoms with Crippen molar-refractivity contribution in [2.24, 2.45) is 23.7 Å². The van der Waals surface area contributed by atoms with Crippen LogP contribution in [-0.4, -0.2) is 10.1 Å². The van der Waals surface area contributed by atoms with E-state index in [1.165, 1.54) is 18.7 Å². The summed E-state index contributed by atoms with van der Waals surface area (Å²) in [4.78, 5) is 4.04. The number of nitrogens with zero attached hydrogens (tertiary/aromatic N) is 1. The average Bonchev–Trinajstić information content (AvgIpc) is 2.52. The lowest BCUT2D eigenvalue weighted by Crippen LogP contribution is -2.56. The van der Waals surface area contributed by atoms with Gasteiger partial charge < -0.3 is 5.11 Å². The fourth-order valence-electron chi connectivity index (χ4n) is 5.83. The van der Waals surface area contributed by atoms with Gasteiger partial charge in [-0.15, -0.1) is 0 Å². The van der Waals surface area contributed by atoms with E-state index in [-0.39, 0.29) is 17.4 Å². The Labute approximate surface area is 133 Å². The van der Waals surface area contributed by atoms with Crippen molar-refractivity contribution in [2.45, 2.75) is 37.7 Å². The van der Waals surface area contributed by atoms with Crippen LogP contribution in [0.1, 0.15) is 37.7 Å². The van der Waals surface area contributed by atoms with E-state index >= 15 is 4.39 Å². The highest BCUT2D eigenvalue weighted by Gasteiger charge is 2.59. The summed E-state index contributed by atoms with van der Waals surface area (Å²) < 4.78 is 29.9. The van der Waals surface area contributed by atoms with Crippen molar-refractivity contribution in [3.8, 4) is 0 Å². The summed E-state index contributed by atoms with van der Waals surface area (Å²) >= 11 is 0. The van der Waals surface area contributed by atoms with Gasteiger partial charge in [-0.25, -0.2) is 8.78 Å². The van der Waals surface area contributed by atoms with Gasteiger partial charge in [-0.2, -0.15) is 0 Å². The molecule has 1 aromatic heterocycles. The van der Waals surface area contributed by atoms with Gasteiger partial charge in [0, 0.05) is 17.6 Å². The smallest absolute Gasteiger partial charge is 0.141 e. The zero-order valence-corrected chi connectivity index (χ0v) is 12.8. The maximum atomic E-state index is 15.1. The predicted molar refractivity (Wildman–Crippen MR) is 82.6 cm³/mol. The topological polar surface area (TPSA) is 33.1 Å². The number of pyridine rings is 1. The van der Waals surface area contributed by atoms with Crippen molar-refractivity contribution in [3.05, 3.63) is 41.6 Å². The molecular formula is C19H19F2NO. The third kappa shape index (κ3) is 1.73. The lowest BCUT2D eigenvalue weighted by Gasteiger charge is -2.59. The first-order valence-electron chi connectivity index (χ1n) is 8.53. The molecule has 6 rings (SSSR count). The Hall–Kier alpha value is -1.55. The Kier molecular flexibility index (Phi) is 2.71. The van der Waals surface area contributed by atoms with Gasteiger partial charge in [0.2, 0.25) is 0 Å². The van der Waals surface area contributed by atoms with Gasteiger partial charge in [-0.05, 0) is 67.9 Å². The van der Waals surface area contributed by atoms with E-state index in [0.717, 1.165) is 25.7 Å². The summed E-state index contributed by atoms with van der Waals surface area (Å²) in [7, 11) is 0. The van der Waals surface area contributed by atoms with Gasteiger partial charge in [-0.1, -0.05) is 0 Å². The molecule has 4 fully saturated rings. The summed E-state index contributed by atoms with van der Waals surface area (Å²) in [5.74, 6) is -0.0440. The Morgan fingerprint density at radius 1 is 1.04 bits per heavy atom. The SMILES string of the molecule is OC1(c2c(F)cc3ncccc3c2F)C2CC3CC(C2)CC1C3. The molecule has 120 valence electrons. The third-order valence-corrected chi connectivity index (χ3v) is 6.58. The molecule has 4 saturated carbocycles. The number of halogens is 2. The zero-order valence-electron chi connectivity index (χ0n) is 12.8. The monoisotopic (exact) mass is 315 g/mol. The molecule has 0 unspecified atom stereocenters. The summed E-state index contributed by atoms with van der Waals surface area (Å²) in [5.41, 5.74) is -1.16. The summed E-state index contributed by atoms with van der Waals surface area (Å²) in [6.07, 6.45) is 6.34. The average molecular weight is 315 g/mol. The van der Waals surface area contributed by atoms with Crippen molar-refractivity contribution in [1.29, 1.82) is 0 Å². The van der Waals surface area contributed by atoms with Gasteiger partial charge in [0.15, 0.2) is 0 Å². The largest absolute Gasteiger partial charge is 0.384 e. The van der Waals surface area contributed by atoms with E-state index in [1.54, 1.807) is 12.1 Å². The van der Waals surface area contributed by atoms with E-state index < -0.39 is 17.2 Å². The van der Waals surface area contributed by atoms with Crippen LogP contribution in [0, 0.1) is 35.3 Å². The molecule has 0 spiro atoms. The second-order valence-corrected chi connectivity index (χ2v) is 7.75. The van der Waals surface area contributed by atoms with E-state index in [4.69, 9.17) is 0 Å². The Morgan fingerprint density at radius 2 is 1.70 bits per heavy atom. The Balaban J connectivity index is 1.74. The minimum atomic E-state index is -1.36. The minimum Gasteiger partial charge on any atom is -0.384 e. The van der Waals surface area contributed by atoms with Gasteiger partial charge in [-0.3, -0.25) is 4.98 Å². The van der Waals surface area contributed by atoms with Crippen LogP contribution < -0.4 is 0 Å². The van der Waals surface area contributed by atoms with Gasteiger partial charge in [0.25, 0.3) is 0 Å². The summed E-state index contributed by atoms with van der Waals surface area (Å²) in [5, 5.41) is 11.8. The number of hydrogen-bond donors (Lipinski definition) is 1. The van der Waals surface area contributed by atoms with Crippen LogP contribution in [0.2, 0.25) is 0 Å². The molecule has 4 aliphatic rings. The summed E-state index contributed by atoms with van der Waals surface area (Å²) in [6.45, 7) is 0. The molecule has 4 heteroatoms. The molecule has 4 bridgehead atoms.